The number of hydrogen-bond acceptors (Lipinski definition) is 4. The van der Waals surface area contributed by atoms with Gasteiger partial charge in [-0.05, 0) is 84.8 Å². The molecule has 11 aromatic rings. The molecule has 4 heteroatoms. The highest BCUT2D eigenvalue weighted by Crippen LogP contribution is 2.50. The van der Waals surface area contributed by atoms with Crippen LogP contribution in [0.5, 0.6) is 0 Å². The van der Waals surface area contributed by atoms with Gasteiger partial charge in [0.25, 0.3) is 0 Å². The fourth-order valence-corrected chi connectivity index (χ4v) is 10.9. The van der Waals surface area contributed by atoms with E-state index in [1.54, 1.807) is 0 Å². The van der Waals surface area contributed by atoms with Gasteiger partial charge in [0, 0.05) is 47.8 Å². The zero-order valence-electron chi connectivity index (χ0n) is 33.1. The summed E-state index contributed by atoms with van der Waals surface area (Å²) in [6.45, 7) is 4.64. The van der Waals surface area contributed by atoms with Crippen molar-refractivity contribution in [1.29, 1.82) is 0 Å². The minimum atomic E-state index is -0.159. The number of fused-ring (bicyclic) bond motifs is 8. The lowest BCUT2D eigenvalue weighted by Crippen LogP contribution is -2.15. The lowest BCUT2D eigenvalue weighted by Gasteiger charge is -2.22. The average molecular weight is 784 g/mol. The van der Waals surface area contributed by atoms with Crippen LogP contribution >= 0.6 is 11.3 Å². The molecule has 1 aliphatic rings. The first-order valence-electron chi connectivity index (χ1n) is 20.5. The van der Waals surface area contributed by atoms with Crippen LogP contribution in [0.4, 0.5) is 0 Å². The summed E-state index contributed by atoms with van der Waals surface area (Å²) in [5, 5.41) is 7.12. The van der Waals surface area contributed by atoms with E-state index in [9.17, 15) is 0 Å². The minimum Gasteiger partial charge on any atom is -0.208 e. The number of aromatic nitrogens is 3. The predicted molar refractivity (Wildman–Crippen MR) is 252 cm³/mol. The molecule has 3 nitrogen and oxygen atoms in total. The molecule has 2 aromatic heterocycles. The molecule has 0 amide bonds. The molecule has 0 atom stereocenters. The van der Waals surface area contributed by atoms with Crippen LogP contribution in [0, 0.1) is 0 Å². The summed E-state index contributed by atoms with van der Waals surface area (Å²) in [6, 6.07) is 67.7. The zero-order chi connectivity index (χ0) is 40.0. The van der Waals surface area contributed by atoms with Crippen molar-refractivity contribution in [3.8, 4) is 67.5 Å². The highest BCUT2D eigenvalue weighted by molar-refractivity contribution is 7.26. The summed E-state index contributed by atoms with van der Waals surface area (Å²) >= 11 is 1.86. The van der Waals surface area contributed by atoms with E-state index >= 15 is 0 Å². The number of nitrogens with zero attached hydrogens (tertiary/aromatic N) is 3. The molecule has 9 aromatic carbocycles. The highest BCUT2D eigenvalue weighted by Gasteiger charge is 2.35. The largest absolute Gasteiger partial charge is 0.208 e. The Bertz CT molecular complexity index is 3530. The molecule has 2 heterocycles. The Labute approximate surface area is 352 Å². The smallest absolute Gasteiger partial charge is 0.164 e. The zero-order valence-corrected chi connectivity index (χ0v) is 34.0. The Morgan fingerprint density at radius 1 is 0.333 bits per heavy atom. The summed E-state index contributed by atoms with van der Waals surface area (Å²) in [6.07, 6.45) is 0. The molecule has 0 radical (unpaired) electrons. The van der Waals surface area contributed by atoms with E-state index in [4.69, 9.17) is 15.0 Å². The summed E-state index contributed by atoms with van der Waals surface area (Å²) in [5.74, 6) is 1.96. The van der Waals surface area contributed by atoms with Crippen LogP contribution in [-0.2, 0) is 5.41 Å². The van der Waals surface area contributed by atoms with Gasteiger partial charge in [0.05, 0.1) is 0 Å². The molecule has 12 rings (SSSR count). The molecule has 0 bridgehead atoms. The van der Waals surface area contributed by atoms with Gasteiger partial charge in [-0.25, -0.2) is 15.0 Å². The molecule has 0 saturated carbocycles. The minimum absolute atomic E-state index is 0.159. The van der Waals surface area contributed by atoms with Crippen LogP contribution in [-0.4, -0.2) is 15.0 Å². The maximum Gasteiger partial charge on any atom is 0.164 e. The molecule has 0 saturated heterocycles. The van der Waals surface area contributed by atoms with E-state index in [2.05, 4.69) is 202 Å². The van der Waals surface area contributed by atoms with Gasteiger partial charge < -0.3 is 0 Å². The van der Waals surface area contributed by atoms with Gasteiger partial charge in [-0.3, -0.25) is 0 Å². The maximum absolute atomic E-state index is 5.40. The first-order chi connectivity index (χ1) is 29.5. The molecular formula is C56H37N3S. The van der Waals surface area contributed by atoms with Crippen LogP contribution in [0.2, 0.25) is 0 Å². The molecule has 0 unspecified atom stereocenters. The summed E-state index contributed by atoms with van der Waals surface area (Å²) in [4.78, 5) is 16.1. The Kier molecular flexibility index (Phi) is 7.75. The van der Waals surface area contributed by atoms with Crippen LogP contribution < -0.4 is 0 Å². The summed E-state index contributed by atoms with van der Waals surface area (Å²) in [5.41, 5.74) is 12.7. The lowest BCUT2D eigenvalue weighted by molar-refractivity contribution is 0.660. The first kappa shape index (κ1) is 34.7. The van der Waals surface area contributed by atoms with Gasteiger partial charge in [-0.15, -0.1) is 11.3 Å². The van der Waals surface area contributed by atoms with E-state index in [0.717, 1.165) is 38.2 Å². The third kappa shape index (κ3) is 5.31. The quantitative estimate of drug-likeness (QED) is 0.174. The van der Waals surface area contributed by atoms with Gasteiger partial charge in [0.1, 0.15) is 0 Å². The van der Waals surface area contributed by atoms with Crippen molar-refractivity contribution in [2.75, 3.05) is 0 Å². The summed E-state index contributed by atoms with van der Waals surface area (Å²) < 4.78 is 2.60. The van der Waals surface area contributed by atoms with E-state index in [1.165, 1.54) is 64.7 Å². The Morgan fingerprint density at radius 2 is 0.833 bits per heavy atom. The molecular weight excluding hydrogens is 747 g/mol. The third-order valence-corrected chi connectivity index (χ3v) is 13.8. The Hall–Kier alpha value is -7.27. The monoisotopic (exact) mass is 783 g/mol. The van der Waals surface area contributed by atoms with Crippen molar-refractivity contribution in [3.05, 3.63) is 199 Å². The van der Waals surface area contributed by atoms with Crippen molar-refractivity contribution < 1.29 is 0 Å². The maximum atomic E-state index is 5.40. The van der Waals surface area contributed by atoms with Crippen molar-refractivity contribution >= 4 is 53.1 Å². The van der Waals surface area contributed by atoms with Gasteiger partial charge >= 0.3 is 0 Å². The SMILES string of the molecule is CC1(C)c2ccccc2-c2ccc(-c3nc(-c4ccc(-c5ccccc5)c5ccccc45)nc(-c4ccc(-c5cccc6c5sc5ccccc56)c5ccccc45)n3)cc21. The fraction of sp³-hybridized carbons (Fsp3) is 0.0536. The number of benzene rings is 9. The molecule has 0 N–H and O–H groups in total. The second kappa shape index (κ2) is 13.4. The number of thiophene rings is 1. The van der Waals surface area contributed by atoms with Gasteiger partial charge in [-0.1, -0.05) is 178 Å². The van der Waals surface area contributed by atoms with Crippen LogP contribution in [0.3, 0.4) is 0 Å². The molecule has 0 fully saturated rings. The second-order valence-corrected chi connectivity index (χ2v) is 17.3. The first-order valence-corrected chi connectivity index (χ1v) is 21.3. The van der Waals surface area contributed by atoms with Gasteiger partial charge in [0.2, 0.25) is 0 Å². The van der Waals surface area contributed by atoms with Crippen molar-refractivity contribution in [3.63, 3.8) is 0 Å². The topological polar surface area (TPSA) is 38.7 Å². The molecule has 1 aliphatic carbocycles. The van der Waals surface area contributed by atoms with Gasteiger partial charge in [-0.2, -0.15) is 0 Å². The molecule has 0 spiro atoms. The number of hydrogen-bond donors (Lipinski definition) is 0. The fourth-order valence-electron chi connectivity index (χ4n) is 9.64. The average Bonchev–Trinajstić information content (AvgIpc) is 3.80. The highest BCUT2D eigenvalue weighted by atomic mass is 32.1. The van der Waals surface area contributed by atoms with Crippen LogP contribution in [0.1, 0.15) is 25.0 Å². The third-order valence-electron chi connectivity index (χ3n) is 12.6. The molecule has 0 aliphatic heterocycles. The van der Waals surface area contributed by atoms with Crippen LogP contribution in [0.15, 0.2) is 188 Å². The van der Waals surface area contributed by atoms with E-state index in [-0.39, 0.29) is 5.41 Å². The van der Waals surface area contributed by atoms with Gasteiger partial charge in [0.15, 0.2) is 17.5 Å². The van der Waals surface area contributed by atoms with E-state index in [1.807, 2.05) is 11.3 Å². The van der Waals surface area contributed by atoms with E-state index in [0.29, 0.717) is 17.5 Å². The Balaban J connectivity index is 1.08. The van der Waals surface area contributed by atoms with Crippen molar-refractivity contribution in [2.24, 2.45) is 0 Å². The number of rotatable bonds is 5. The molecule has 60 heavy (non-hydrogen) atoms. The molecule has 282 valence electrons. The standard InChI is InChI=1S/C56H37N3S/c1-56(2)49-25-12-10-21-42(49)43-28-27-35(33-50(43)56)53-57-54(47-31-29-36(34-15-4-3-5-16-34)37-17-6-8-19-39(37)47)59-55(58-53)48-32-30-41(38-18-7-9-20-40(38)48)45-23-14-24-46-44-22-11-13-26-51(44)60-52(45)46/h3-33H,1-2H3. The second-order valence-electron chi connectivity index (χ2n) is 16.3. The van der Waals surface area contributed by atoms with E-state index < -0.39 is 0 Å². The lowest BCUT2D eigenvalue weighted by atomic mass is 9.82. The summed E-state index contributed by atoms with van der Waals surface area (Å²) in [7, 11) is 0. The predicted octanol–water partition coefficient (Wildman–Crippen LogP) is 15.2. The Morgan fingerprint density at radius 3 is 1.57 bits per heavy atom. The normalized spacial score (nSPS) is 13.0. The van der Waals surface area contributed by atoms with Crippen molar-refractivity contribution in [2.45, 2.75) is 19.3 Å². The van der Waals surface area contributed by atoms with Crippen LogP contribution in [0.25, 0.3) is 109 Å². The van der Waals surface area contributed by atoms with Crippen molar-refractivity contribution in [1.82, 2.24) is 15.0 Å².